The normalized spacial score (nSPS) is 17.0. The molecule has 1 unspecified atom stereocenters. The van der Waals surface area contributed by atoms with E-state index in [0.29, 0.717) is 6.42 Å². The number of nitrogens with two attached hydrogens (primary N) is 2. The van der Waals surface area contributed by atoms with Crippen molar-refractivity contribution in [1.82, 2.24) is 15.3 Å². The summed E-state index contributed by atoms with van der Waals surface area (Å²) in [5.74, 6) is -0.730. The van der Waals surface area contributed by atoms with Crippen LogP contribution in [-0.2, 0) is 9.53 Å². The number of H-pyrrole nitrogens is 1. The molecule has 15 nitrogen and oxygen atoms in total. The molecule has 0 saturated heterocycles. The second kappa shape index (κ2) is 13.1. The number of carbonyl (C=O) groups excluding carboxylic acids is 2. The molecule has 0 aliphatic carbocycles. The molecule has 36 heavy (non-hydrogen) atoms. The van der Waals surface area contributed by atoms with Crippen LogP contribution in [-0.4, -0.2) is 81.1 Å². The number of ether oxygens (including phenoxy) is 1. The number of hydrogen-bond donors (Lipinski definition) is 9. The first kappa shape index (κ1) is 30.7. The monoisotopic (exact) mass is 533 g/mol. The molecule has 0 aromatic carbocycles. The highest BCUT2D eigenvalue weighted by Crippen LogP contribution is 2.22. The van der Waals surface area contributed by atoms with Crippen LogP contribution in [0.2, 0.25) is 0 Å². The van der Waals surface area contributed by atoms with Crippen molar-refractivity contribution < 1.29 is 24.5 Å². The van der Waals surface area contributed by atoms with Gasteiger partial charge in [0, 0.05) is 13.1 Å². The SMILES string of the molecule is C[C@H](O)[C@H](O)C1CNc2nc(NC(=O)[C@H](CCCN=C(N)N)NC(=O)OC(C)(C)C)[nH]c(=O)c2N1.Cl. The number of alkyl carbamates (subject to hydrolysis) is 1. The smallest absolute Gasteiger partial charge is 0.408 e. The summed E-state index contributed by atoms with van der Waals surface area (Å²) >= 11 is 0. The lowest BCUT2D eigenvalue weighted by Gasteiger charge is -2.31. The first-order chi connectivity index (χ1) is 16.3. The van der Waals surface area contributed by atoms with E-state index >= 15 is 0 Å². The van der Waals surface area contributed by atoms with Crippen LogP contribution in [0.5, 0.6) is 0 Å². The summed E-state index contributed by atoms with van der Waals surface area (Å²) in [6, 6.07) is -1.66. The van der Waals surface area contributed by atoms with Gasteiger partial charge in [0.25, 0.3) is 5.56 Å². The van der Waals surface area contributed by atoms with Crippen molar-refractivity contribution in [1.29, 1.82) is 0 Å². The number of aliphatic hydroxyl groups excluding tert-OH is 2. The van der Waals surface area contributed by atoms with Crippen molar-refractivity contribution in [3.8, 4) is 0 Å². The Kier molecular flexibility index (Phi) is 11.2. The Bertz CT molecular complexity index is 991. The van der Waals surface area contributed by atoms with Gasteiger partial charge in [0.15, 0.2) is 11.8 Å². The lowest BCUT2D eigenvalue weighted by Crippen LogP contribution is -2.49. The number of aromatic nitrogens is 2. The Balaban J connectivity index is 0.00000648. The zero-order valence-corrected chi connectivity index (χ0v) is 21.4. The molecule has 0 fully saturated rings. The lowest BCUT2D eigenvalue weighted by molar-refractivity contribution is -0.118. The number of halogens is 1. The first-order valence-electron chi connectivity index (χ1n) is 11.1. The quantitative estimate of drug-likeness (QED) is 0.106. The molecule has 0 radical (unpaired) electrons. The Morgan fingerprint density at radius 1 is 1.31 bits per heavy atom. The maximum atomic E-state index is 12.9. The molecule has 1 aliphatic rings. The molecule has 1 aromatic heterocycles. The maximum Gasteiger partial charge on any atom is 0.408 e. The number of nitrogens with zero attached hydrogens (tertiary/aromatic N) is 2. The lowest BCUT2D eigenvalue weighted by atomic mass is 10.0. The van der Waals surface area contributed by atoms with Crippen LogP contribution in [0.1, 0.15) is 40.5 Å². The average molecular weight is 534 g/mol. The number of aromatic amines is 1. The first-order valence-corrected chi connectivity index (χ1v) is 11.1. The van der Waals surface area contributed by atoms with Gasteiger partial charge < -0.3 is 42.4 Å². The molecule has 4 atom stereocenters. The average Bonchev–Trinajstić information content (AvgIpc) is 2.73. The van der Waals surface area contributed by atoms with Gasteiger partial charge in [-0.2, -0.15) is 4.98 Å². The summed E-state index contributed by atoms with van der Waals surface area (Å²) in [6.45, 7) is 6.92. The minimum Gasteiger partial charge on any atom is -0.444 e. The molecule has 204 valence electrons. The standard InChI is InChI=1S/C20H35N9O6.ClH/c1-9(30)13(31)11-8-24-14-12(25-11)16(33)29-18(27-14)28-15(32)10(6-5-7-23-17(21)22)26-19(34)35-20(2,3)4;/h9-11,13,25,30-31H,5-8H2,1-4H3,(H,26,34)(H4,21,22,23)(H3,24,27,28,29,32,33);1H/t9-,10-,11?,13-;/m0./s1. The zero-order chi connectivity index (χ0) is 26.3. The Labute approximate surface area is 214 Å². The zero-order valence-electron chi connectivity index (χ0n) is 20.6. The summed E-state index contributed by atoms with van der Waals surface area (Å²) < 4.78 is 5.23. The largest absolute Gasteiger partial charge is 0.444 e. The second-order valence-electron chi connectivity index (χ2n) is 9.14. The molecule has 2 rings (SSSR count). The topological polar surface area (TPSA) is 242 Å². The highest BCUT2D eigenvalue weighted by Gasteiger charge is 2.30. The molecule has 16 heteroatoms. The van der Waals surface area contributed by atoms with Crippen molar-refractivity contribution in [2.75, 3.05) is 29.0 Å². The van der Waals surface area contributed by atoms with Gasteiger partial charge in [-0.05, 0) is 40.5 Å². The summed E-state index contributed by atoms with van der Waals surface area (Å²) in [5.41, 5.74) is 9.30. The maximum absolute atomic E-state index is 12.9. The van der Waals surface area contributed by atoms with Crippen LogP contribution in [0.3, 0.4) is 0 Å². The highest BCUT2D eigenvalue weighted by atomic mass is 35.5. The fraction of sp³-hybridized carbons (Fsp3) is 0.650. The van der Waals surface area contributed by atoms with Gasteiger partial charge in [0.2, 0.25) is 11.9 Å². The Morgan fingerprint density at radius 2 is 1.97 bits per heavy atom. The van der Waals surface area contributed by atoms with Crippen LogP contribution < -0.4 is 38.3 Å². The van der Waals surface area contributed by atoms with Crippen molar-refractivity contribution in [3.05, 3.63) is 10.4 Å². The van der Waals surface area contributed by atoms with Crippen LogP contribution in [0.25, 0.3) is 0 Å². The highest BCUT2D eigenvalue weighted by molar-refractivity contribution is 5.95. The van der Waals surface area contributed by atoms with Crippen LogP contribution in [0.15, 0.2) is 9.79 Å². The number of rotatable bonds is 9. The van der Waals surface area contributed by atoms with E-state index in [1.54, 1.807) is 20.8 Å². The minimum absolute atomic E-state index is 0. The van der Waals surface area contributed by atoms with Crippen molar-refractivity contribution in [2.45, 2.75) is 70.4 Å². The molecule has 2 amide bonds. The molecule has 1 aromatic rings. The third kappa shape index (κ3) is 9.39. The molecule has 11 N–H and O–H groups in total. The summed E-state index contributed by atoms with van der Waals surface area (Å²) in [7, 11) is 0. The fourth-order valence-corrected chi connectivity index (χ4v) is 3.21. The van der Waals surface area contributed by atoms with Crippen LogP contribution in [0.4, 0.5) is 22.2 Å². The number of aliphatic hydroxyl groups is 2. The predicted molar refractivity (Wildman–Crippen MR) is 137 cm³/mol. The number of hydrogen-bond acceptors (Lipinski definition) is 10. The number of aliphatic imine (C=N–C) groups is 1. The molecule has 1 aliphatic heterocycles. The fourth-order valence-electron chi connectivity index (χ4n) is 3.21. The van der Waals surface area contributed by atoms with Gasteiger partial charge >= 0.3 is 6.09 Å². The Morgan fingerprint density at radius 3 is 2.56 bits per heavy atom. The second-order valence-corrected chi connectivity index (χ2v) is 9.14. The van der Waals surface area contributed by atoms with E-state index in [4.69, 9.17) is 16.2 Å². The Hall–Kier alpha value is -3.30. The molecule has 0 bridgehead atoms. The van der Waals surface area contributed by atoms with Gasteiger partial charge in [-0.1, -0.05) is 0 Å². The molecule has 2 heterocycles. The number of amides is 2. The molecular weight excluding hydrogens is 498 g/mol. The van der Waals surface area contributed by atoms with E-state index < -0.39 is 47.5 Å². The third-order valence-corrected chi connectivity index (χ3v) is 4.84. The number of anilines is 3. The van der Waals surface area contributed by atoms with E-state index in [1.165, 1.54) is 6.92 Å². The van der Waals surface area contributed by atoms with Crippen LogP contribution >= 0.6 is 12.4 Å². The molecular formula is C20H36ClN9O6. The number of carbonyl (C=O) groups is 2. The van der Waals surface area contributed by atoms with Gasteiger partial charge in [-0.15, -0.1) is 12.4 Å². The van der Waals surface area contributed by atoms with Crippen LogP contribution in [0, 0.1) is 0 Å². The van der Waals surface area contributed by atoms with E-state index in [1.807, 2.05) is 0 Å². The van der Waals surface area contributed by atoms with Crippen molar-refractivity contribution >= 4 is 47.8 Å². The van der Waals surface area contributed by atoms with Gasteiger partial charge in [0.1, 0.15) is 23.4 Å². The number of guanidine groups is 1. The summed E-state index contributed by atoms with van der Waals surface area (Å²) in [4.78, 5) is 48.2. The van der Waals surface area contributed by atoms with Crippen molar-refractivity contribution in [3.63, 3.8) is 0 Å². The van der Waals surface area contributed by atoms with Gasteiger partial charge in [-0.3, -0.25) is 24.9 Å². The van der Waals surface area contributed by atoms with E-state index in [-0.39, 0.29) is 55.3 Å². The van der Waals surface area contributed by atoms with E-state index in [9.17, 15) is 24.6 Å². The number of nitrogens with one attached hydrogen (secondary N) is 5. The minimum atomic E-state index is -1.12. The summed E-state index contributed by atoms with van der Waals surface area (Å²) in [6.07, 6.45) is -2.37. The molecule has 0 spiro atoms. The molecule has 0 saturated carbocycles. The summed E-state index contributed by atoms with van der Waals surface area (Å²) in [5, 5.41) is 30.4. The van der Waals surface area contributed by atoms with Gasteiger partial charge in [0.05, 0.1) is 12.1 Å². The third-order valence-electron chi connectivity index (χ3n) is 4.84. The van der Waals surface area contributed by atoms with Crippen molar-refractivity contribution in [2.24, 2.45) is 16.5 Å². The van der Waals surface area contributed by atoms with E-state index in [2.05, 4.69) is 36.2 Å². The van der Waals surface area contributed by atoms with Gasteiger partial charge in [-0.25, -0.2) is 4.79 Å². The predicted octanol–water partition coefficient (Wildman–Crippen LogP) is -0.975. The number of fused-ring (bicyclic) bond motifs is 1. The van der Waals surface area contributed by atoms with E-state index in [0.717, 1.165) is 0 Å².